The van der Waals surface area contributed by atoms with E-state index in [1.165, 1.54) is 0 Å². The Bertz CT molecular complexity index is 613. The Morgan fingerprint density at radius 1 is 1.45 bits per heavy atom. The monoisotopic (exact) mass is 287 g/mol. The van der Waals surface area contributed by atoms with Crippen LogP contribution in [0.1, 0.15) is 5.56 Å². The zero-order valence-corrected chi connectivity index (χ0v) is 12.2. The van der Waals surface area contributed by atoms with Crippen molar-refractivity contribution in [3.63, 3.8) is 0 Å². The number of ether oxygens (including phenoxy) is 1. The maximum absolute atomic E-state index is 5.71. The molecule has 2 rings (SSSR count). The van der Waals surface area contributed by atoms with E-state index in [4.69, 9.17) is 10.5 Å². The van der Waals surface area contributed by atoms with Crippen molar-refractivity contribution in [2.24, 2.45) is 12.8 Å². The van der Waals surface area contributed by atoms with Crippen molar-refractivity contribution >= 4 is 11.8 Å². The van der Waals surface area contributed by atoms with Gasteiger partial charge in [-0.25, -0.2) is 4.98 Å². The fourth-order valence-corrected chi connectivity index (χ4v) is 2.35. The van der Waals surface area contributed by atoms with Crippen LogP contribution in [0.2, 0.25) is 0 Å². The van der Waals surface area contributed by atoms with Crippen LogP contribution in [0.4, 0.5) is 0 Å². The van der Waals surface area contributed by atoms with Gasteiger partial charge in [-0.2, -0.15) is 0 Å². The minimum absolute atomic E-state index is 0.366. The van der Waals surface area contributed by atoms with Gasteiger partial charge < -0.3 is 15.0 Å². The van der Waals surface area contributed by atoms with Gasteiger partial charge in [0.25, 0.3) is 0 Å². The van der Waals surface area contributed by atoms with Crippen molar-refractivity contribution in [3.8, 4) is 17.6 Å². The number of rotatable bonds is 5. The van der Waals surface area contributed by atoms with Crippen molar-refractivity contribution < 1.29 is 4.74 Å². The van der Waals surface area contributed by atoms with Gasteiger partial charge in [-0.15, -0.1) is 0 Å². The summed E-state index contributed by atoms with van der Waals surface area (Å²) in [6.07, 6.45) is 3.73. The smallest absolute Gasteiger partial charge is 0.167 e. The van der Waals surface area contributed by atoms with E-state index in [0.29, 0.717) is 13.2 Å². The highest BCUT2D eigenvalue weighted by atomic mass is 32.2. The lowest BCUT2D eigenvalue weighted by Gasteiger charge is -2.06. The van der Waals surface area contributed by atoms with Gasteiger partial charge in [-0.3, -0.25) is 0 Å². The average molecular weight is 287 g/mol. The van der Waals surface area contributed by atoms with Crippen LogP contribution >= 0.6 is 11.8 Å². The van der Waals surface area contributed by atoms with E-state index < -0.39 is 0 Å². The molecule has 104 valence electrons. The van der Waals surface area contributed by atoms with Crippen molar-refractivity contribution in [1.29, 1.82) is 0 Å². The topological polar surface area (TPSA) is 53.1 Å². The number of hydrogen-bond donors (Lipinski definition) is 1. The highest BCUT2D eigenvalue weighted by molar-refractivity contribution is 7.99. The minimum atomic E-state index is 0.366. The molecule has 20 heavy (non-hydrogen) atoms. The summed E-state index contributed by atoms with van der Waals surface area (Å²) >= 11 is 1.67. The summed E-state index contributed by atoms with van der Waals surface area (Å²) in [5.74, 6) is 7.50. The van der Waals surface area contributed by atoms with Crippen LogP contribution in [0.5, 0.6) is 5.75 Å². The van der Waals surface area contributed by atoms with Crippen LogP contribution in [0, 0.1) is 11.8 Å². The summed E-state index contributed by atoms with van der Waals surface area (Å²) in [5.41, 5.74) is 6.28. The normalized spacial score (nSPS) is 9.90. The molecule has 0 saturated carbocycles. The predicted molar refractivity (Wildman–Crippen MR) is 81.8 cm³/mol. The number of nitrogens with two attached hydrogens (primary N) is 1. The quantitative estimate of drug-likeness (QED) is 0.518. The first kappa shape index (κ1) is 14.5. The number of aromatic nitrogens is 2. The lowest BCUT2D eigenvalue weighted by molar-refractivity contribution is 0.343. The Labute approximate surface area is 123 Å². The highest BCUT2D eigenvalue weighted by Gasteiger charge is 2.00. The summed E-state index contributed by atoms with van der Waals surface area (Å²) in [4.78, 5) is 4.25. The Balaban J connectivity index is 1.81. The molecule has 5 heteroatoms. The maximum Gasteiger partial charge on any atom is 0.167 e. The molecule has 0 radical (unpaired) electrons. The Morgan fingerprint density at radius 2 is 2.35 bits per heavy atom. The molecule has 0 spiro atoms. The Hall–Kier alpha value is -1.90. The average Bonchev–Trinajstić information content (AvgIpc) is 2.87. The Morgan fingerprint density at radius 3 is 3.10 bits per heavy atom. The zero-order valence-electron chi connectivity index (χ0n) is 11.4. The molecule has 0 bridgehead atoms. The molecule has 4 nitrogen and oxygen atoms in total. The second kappa shape index (κ2) is 7.63. The summed E-state index contributed by atoms with van der Waals surface area (Å²) in [6, 6.07) is 7.73. The van der Waals surface area contributed by atoms with Crippen molar-refractivity contribution in [2.75, 3.05) is 18.9 Å². The largest absolute Gasteiger partial charge is 0.493 e. The van der Waals surface area contributed by atoms with Crippen LogP contribution in [0.25, 0.3) is 0 Å². The number of nitrogens with zero attached hydrogens (tertiary/aromatic N) is 2. The third-order valence-corrected chi connectivity index (χ3v) is 3.55. The lowest BCUT2D eigenvalue weighted by atomic mass is 10.2. The molecule has 0 aliphatic rings. The summed E-state index contributed by atoms with van der Waals surface area (Å²) in [5, 5.41) is 0.996. The van der Waals surface area contributed by atoms with Gasteiger partial charge in [0.2, 0.25) is 0 Å². The SMILES string of the molecule is Cn1ccnc1SCCOc1cccc(C#CCN)c1. The molecule has 1 aromatic carbocycles. The number of hydrogen-bond acceptors (Lipinski definition) is 4. The number of benzene rings is 1. The van der Waals surface area contributed by atoms with E-state index in [9.17, 15) is 0 Å². The first-order chi connectivity index (χ1) is 9.79. The number of thioether (sulfide) groups is 1. The van der Waals surface area contributed by atoms with Gasteiger partial charge >= 0.3 is 0 Å². The molecular weight excluding hydrogens is 270 g/mol. The van der Waals surface area contributed by atoms with Crippen molar-refractivity contribution in [3.05, 3.63) is 42.2 Å². The third-order valence-electron chi connectivity index (χ3n) is 2.53. The van der Waals surface area contributed by atoms with Gasteiger partial charge in [0.15, 0.2) is 5.16 Å². The minimum Gasteiger partial charge on any atom is -0.493 e. The molecular formula is C15H17N3OS. The molecule has 2 aromatic rings. The molecule has 0 unspecified atom stereocenters. The lowest BCUT2D eigenvalue weighted by Crippen LogP contribution is -2.01. The van der Waals surface area contributed by atoms with Gasteiger partial charge in [-0.05, 0) is 18.2 Å². The van der Waals surface area contributed by atoms with E-state index >= 15 is 0 Å². The van der Waals surface area contributed by atoms with E-state index in [0.717, 1.165) is 22.2 Å². The summed E-state index contributed by atoms with van der Waals surface area (Å²) < 4.78 is 7.70. The van der Waals surface area contributed by atoms with Crippen LogP contribution < -0.4 is 10.5 Å². The highest BCUT2D eigenvalue weighted by Crippen LogP contribution is 2.16. The molecule has 0 amide bonds. The van der Waals surface area contributed by atoms with E-state index in [1.54, 1.807) is 18.0 Å². The zero-order chi connectivity index (χ0) is 14.2. The van der Waals surface area contributed by atoms with Crippen molar-refractivity contribution in [1.82, 2.24) is 9.55 Å². The first-order valence-corrected chi connectivity index (χ1v) is 7.30. The summed E-state index contributed by atoms with van der Waals surface area (Å²) in [6.45, 7) is 0.997. The number of aryl methyl sites for hydroxylation is 1. The number of imidazole rings is 1. The molecule has 1 aromatic heterocycles. The fraction of sp³-hybridized carbons (Fsp3) is 0.267. The van der Waals surface area contributed by atoms with Gasteiger partial charge in [-0.1, -0.05) is 29.7 Å². The van der Waals surface area contributed by atoms with E-state index in [2.05, 4.69) is 16.8 Å². The molecule has 0 atom stereocenters. The van der Waals surface area contributed by atoms with E-state index in [-0.39, 0.29) is 0 Å². The maximum atomic E-state index is 5.71. The van der Waals surface area contributed by atoms with Gasteiger partial charge in [0, 0.05) is 30.8 Å². The second-order valence-corrected chi connectivity index (χ2v) is 5.11. The second-order valence-electron chi connectivity index (χ2n) is 4.05. The molecule has 0 aliphatic carbocycles. The predicted octanol–water partition coefficient (Wildman–Crippen LogP) is 1.90. The van der Waals surface area contributed by atoms with Gasteiger partial charge in [0.1, 0.15) is 5.75 Å². The fourth-order valence-electron chi connectivity index (χ4n) is 1.60. The van der Waals surface area contributed by atoms with Crippen LogP contribution in [0.15, 0.2) is 41.8 Å². The molecule has 0 aliphatic heterocycles. The van der Waals surface area contributed by atoms with Crippen LogP contribution in [-0.4, -0.2) is 28.5 Å². The van der Waals surface area contributed by atoms with E-state index in [1.807, 2.05) is 42.1 Å². The standard InChI is InChI=1S/C15H17N3OS/c1-18-9-8-17-15(18)20-11-10-19-14-6-2-4-13(12-14)5-3-7-16/h2,4,6,8-9,12H,7,10-11,16H2,1H3. The van der Waals surface area contributed by atoms with Crippen molar-refractivity contribution in [2.45, 2.75) is 5.16 Å². The summed E-state index contributed by atoms with van der Waals surface area (Å²) in [7, 11) is 1.98. The molecule has 2 N–H and O–H groups in total. The first-order valence-electron chi connectivity index (χ1n) is 6.31. The Kier molecular flexibility index (Phi) is 5.54. The van der Waals surface area contributed by atoms with Crippen LogP contribution in [-0.2, 0) is 7.05 Å². The van der Waals surface area contributed by atoms with Crippen LogP contribution in [0.3, 0.4) is 0 Å². The third kappa shape index (κ3) is 4.34. The molecule has 0 fully saturated rings. The molecule has 1 heterocycles. The molecule has 0 saturated heterocycles. The van der Waals surface area contributed by atoms with Gasteiger partial charge in [0.05, 0.1) is 13.2 Å².